The lowest BCUT2D eigenvalue weighted by Gasteiger charge is -2.13. The van der Waals surface area contributed by atoms with Gasteiger partial charge in [0.05, 0.1) is 0 Å². The van der Waals surface area contributed by atoms with Gasteiger partial charge in [0, 0.05) is 13.1 Å². The Labute approximate surface area is 125 Å². The molecular weight excluding hydrogens is 287 g/mol. The van der Waals surface area contributed by atoms with Gasteiger partial charge in [-0.2, -0.15) is 4.98 Å². The molecular formula is C16H13FN2O3. The van der Waals surface area contributed by atoms with Gasteiger partial charge in [-0.05, 0) is 24.3 Å². The van der Waals surface area contributed by atoms with Crippen molar-refractivity contribution in [3.63, 3.8) is 0 Å². The summed E-state index contributed by atoms with van der Waals surface area (Å²) in [5.41, 5.74) is 1.27. The normalized spacial score (nSPS) is 10.6. The number of amides is 1. The zero-order valence-corrected chi connectivity index (χ0v) is 11.8. The van der Waals surface area contributed by atoms with Crippen molar-refractivity contribution in [2.24, 2.45) is 0 Å². The Morgan fingerprint density at radius 1 is 1.27 bits per heavy atom. The molecule has 3 aromatic rings. The Balaban J connectivity index is 1.68. The van der Waals surface area contributed by atoms with E-state index in [9.17, 15) is 9.18 Å². The topological polar surface area (TPSA) is 55.6 Å². The van der Waals surface area contributed by atoms with Gasteiger partial charge >= 0.3 is 6.01 Å². The third-order valence-corrected chi connectivity index (χ3v) is 3.10. The summed E-state index contributed by atoms with van der Waals surface area (Å²) in [4.78, 5) is 17.6. The number of rotatable bonds is 4. The maximum absolute atomic E-state index is 13.0. The molecule has 5 nitrogen and oxygen atoms in total. The Morgan fingerprint density at radius 3 is 2.86 bits per heavy atom. The molecule has 2 aromatic carbocycles. The van der Waals surface area contributed by atoms with Crippen LogP contribution in [0.15, 0.2) is 52.9 Å². The van der Waals surface area contributed by atoms with Crippen molar-refractivity contribution in [1.29, 1.82) is 0 Å². The molecule has 22 heavy (non-hydrogen) atoms. The van der Waals surface area contributed by atoms with E-state index >= 15 is 0 Å². The van der Waals surface area contributed by atoms with Gasteiger partial charge in [-0.15, -0.1) is 0 Å². The summed E-state index contributed by atoms with van der Waals surface area (Å²) in [6, 6.07) is 13.0. The molecule has 0 aliphatic heterocycles. The second-order valence-electron chi connectivity index (χ2n) is 4.66. The number of oxazole rings is 1. The maximum Gasteiger partial charge on any atom is 0.305 e. The number of likely N-dealkylation sites (N-methyl/N-ethyl adjacent to an activating group) is 1. The summed E-state index contributed by atoms with van der Waals surface area (Å²) < 4.78 is 23.8. The van der Waals surface area contributed by atoms with Crippen LogP contribution in [0, 0.1) is 5.82 Å². The fraction of sp³-hybridized carbons (Fsp3) is 0.125. The highest BCUT2D eigenvalue weighted by atomic mass is 19.1. The third-order valence-electron chi connectivity index (χ3n) is 3.10. The van der Waals surface area contributed by atoms with E-state index < -0.39 is 5.82 Å². The van der Waals surface area contributed by atoms with Crippen LogP contribution in [0.1, 0.15) is 0 Å². The van der Waals surface area contributed by atoms with E-state index in [1.807, 2.05) is 12.1 Å². The summed E-state index contributed by atoms with van der Waals surface area (Å²) in [6.45, 7) is -0.237. The van der Waals surface area contributed by atoms with E-state index in [4.69, 9.17) is 9.15 Å². The van der Waals surface area contributed by atoms with E-state index in [0.29, 0.717) is 16.8 Å². The Morgan fingerprint density at radius 2 is 2.09 bits per heavy atom. The molecule has 0 aliphatic carbocycles. The number of benzene rings is 2. The molecule has 0 spiro atoms. The highest BCUT2D eigenvalue weighted by Crippen LogP contribution is 2.21. The summed E-state index contributed by atoms with van der Waals surface area (Å²) in [7, 11) is 1.54. The van der Waals surface area contributed by atoms with Crippen LogP contribution < -0.4 is 9.64 Å². The van der Waals surface area contributed by atoms with E-state index in [0.717, 1.165) is 0 Å². The maximum atomic E-state index is 13.0. The van der Waals surface area contributed by atoms with Crippen LogP contribution in [0.25, 0.3) is 11.1 Å². The smallest absolute Gasteiger partial charge is 0.305 e. The molecule has 3 rings (SSSR count). The summed E-state index contributed by atoms with van der Waals surface area (Å²) in [5.74, 6) is -0.479. The van der Waals surface area contributed by atoms with Crippen LogP contribution >= 0.6 is 0 Å². The van der Waals surface area contributed by atoms with Crippen molar-refractivity contribution in [3.05, 3.63) is 54.3 Å². The number of halogens is 1. The zero-order chi connectivity index (χ0) is 15.5. The molecule has 0 unspecified atom stereocenters. The Bertz CT molecular complexity index is 783. The SMILES string of the molecule is CN(C(=O)COc1cccc(F)c1)c1nc2ccccc2o1. The number of anilines is 1. The first-order valence-electron chi connectivity index (χ1n) is 6.64. The van der Waals surface area contributed by atoms with Gasteiger partial charge in [-0.1, -0.05) is 18.2 Å². The lowest BCUT2D eigenvalue weighted by Crippen LogP contribution is -2.31. The van der Waals surface area contributed by atoms with E-state index in [1.165, 1.54) is 23.1 Å². The van der Waals surface area contributed by atoms with Gasteiger partial charge in [0.2, 0.25) is 0 Å². The Kier molecular flexibility index (Phi) is 3.74. The molecule has 112 valence electrons. The minimum absolute atomic E-state index is 0.189. The largest absolute Gasteiger partial charge is 0.484 e. The summed E-state index contributed by atoms with van der Waals surface area (Å²) >= 11 is 0. The molecule has 0 atom stereocenters. The molecule has 0 bridgehead atoms. The van der Waals surface area contributed by atoms with Crippen LogP contribution in [0.5, 0.6) is 5.75 Å². The minimum atomic E-state index is -0.419. The quantitative estimate of drug-likeness (QED) is 0.743. The first kappa shape index (κ1) is 14.1. The number of hydrogen-bond donors (Lipinski definition) is 0. The average molecular weight is 300 g/mol. The molecule has 0 saturated heterocycles. The fourth-order valence-corrected chi connectivity index (χ4v) is 1.91. The fourth-order valence-electron chi connectivity index (χ4n) is 1.91. The second kappa shape index (κ2) is 5.85. The number of carbonyl (C=O) groups is 1. The first-order valence-corrected chi connectivity index (χ1v) is 6.64. The van der Waals surface area contributed by atoms with Crippen LogP contribution in [0.2, 0.25) is 0 Å². The second-order valence-corrected chi connectivity index (χ2v) is 4.66. The van der Waals surface area contributed by atoms with Crippen LogP contribution in [0.4, 0.5) is 10.4 Å². The van der Waals surface area contributed by atoms with E-state index in [1.54, 1.807) is 25.2 Å². The molecule has 0 aliphatic rings. The number of para-hydroxylation sites is 2. The van der Waals surface area contributed by atoms with Crippen molar-refractivity contribution in [2.75, 3.05) is 18.6 Å². The number of fused-ring (bicyclic) bond motifs is 1. The van der Waals surface area contributed by atoms with Gasteiger partial charge < -0.3 is 9.15 Å². The zero-order valence-electron chi connectivity index (χ0n) is 11.8. The number of aromatic nitrogens is 1. The summed E-state index contributed by atoms with van der Waals surface area (Å²) in [6.07, 6.45) is 0. The average Bonchev–Trinajstić information content (AvgIpc) is 2.96. The monoisotopic (exact) mass is 300 g/mol. The number of hydrogen-bond acceptors (Lipinski definition) is 4. The molecule has 0 fully saturated rings. The predicted molar refractivity (Wildman–Crippen MR) is 79.3 cm³/mol. The van der Waals surface area contributed by atoms with Gasteiger partial charge in [0.15, 0.2) is 12.2 Å². The van der Waals surface area contributed by atoms with Crippen molar-refractivity contribution in [3.8, 4) is 5.75 Å². The highest BCUT2D eigenvalue weighted by Gasteiger charge is 2.17. The van der Waals surface area contributed by atoms with Gasteiger partial charge in [-0.25, -0.2) is 4.39 Å². The van der Waals surface area contributed by atoms with E-state index in [2.05, 4.69) is 4.98 Å². The van der Waals surface area contributed by atoms with Crippen molar-refractivity contribution in [2.45, 2.75) is 0 Å². The lowest BCUT2D eigenvalue weighted by molar-refractivity contribution is -0.120. The minimum Gasteiger partial charge on any atom is -0.484 e. The van der Waals surface area contributed by atoms with Crippen molar-refractivity contribution in [1.82, 2.24) is 4.98 Å². The van der Waals surface area contributed by atoms with Crippen LogP contribution in [-0.4, -0.2) is 24.5 Å². The third kappa shape index (κ3) is 2.90. The van der Waals surface area contributed by atoms with E-state index in [-0.39, 0.29) is 18.5 Å². The molecule has 1 heterocycles. The molecule has 1 amide bonds. The molecule has 1 aromatic heterocycles. The van der Waals surface area contributed by atoms with Gasteiger partial charge in [0.1, 0.15) is 17.1 Å². The van der Waals surface area contributed by atoms with Gasteiger partial charge in [-0.3, -0.25) is 9.69 Å². The lowest BCUT2D eigenvalue weighted by atomic mass is 10.3. The molecule has 0 N–H and O–H groups in total. The summed E-state index contributed by atoms with van der Waals surface area (Å²) in [5, 5.41) is 0. The standard InChI is InChI=1S/C16H13FN2O3/c1-19(16-18-13-7-2-3-8-14(13)22-16)15(20)10-21-12-6-4-5-11(17)9-12/h2-9H,10H2,1H3. The van der Waals surface area contributed by atoms with Gasteiger partial charge in [0.25, 0.3) is 5.91 Å². The highest BCUT2D eigenvalue weighted by molar-refractivity contribution is 5.93. The van der Waals surface area contributed by atoms with Crippen molar-refractivity contribution < 1.29 is 18.3 Å². The number of carbonyl (C=O) groups excluding carboxylic acids is 1. The first-order chi connectivity index (χ1) is 10.6. The Hall–Kier alpha value is -2.89. The predicted octanol–water partition coefficient (Wildman–Crippen LogP) is 3.01. The van der Waals surface area contributed by atoms with Crippen LogP contribution in [-0.2, 0) is 4.79 Å². The van der Waals surface area contributed by atoms with Crippen molar-refractivity contribution >= 4 is 23.0 Å². The molecule has 6 heteroatoms. The number of nitrogens with zero attached hydrogens (tertiary/aromatic N) is 2. The number of ether oxygens (including phenoxy) is 1. The molecule has 0 radical (unpaired) electrons. The van der Waals surface area contributed by atoms with Crippen LogP contribution in [0.3, 0.4) is 0 Å². The molecule has 0 saturated carbocycles.